The van der Waals surface area contributed by atoms with E-state index >= 15 is 0 Å². The van der Waals surface area contributed by atoms with Gasteiger partial charge in [-0.05, 0) is 42.7 Å². The maximum atomic E-state index is 13.2. The summed E-state index contributed by atoms with van der Waals surface area (Å²) in [6.07, 6.45) is 6.52. The number of carbonyl (C=O) groups is 2. The minimum absolute atomic E-state index is 0.00221. The molecule has 146 valence electrons. The van der Waals surface area contributed by atoms with E-state index in [1.54, 1.807) is 31.6 Å². The number of hydrogen-bond acceptors (Lipinski definition) is 4. The summed E-state index contributed by atoms with van der Waals surface area (Å²) in [6.45, 7) is 0.573. The van der Waals surface area contributed by atoms with Crippen molar-refractivity contribution in [3.63, 3.8) is 0 Å². The number of fused-ring (bicyclic) bond motifs is 1. The Labute approximate surface area is 164 Å². The van der Waals surface area contributed by atoms with E-state index in [0.717, 1.165) is 30.6 Å². The van der Waals surface area contributed by atoms with Gasteiger partial charge in [0.15, 0.2) is 0 Å². The van der Waals surface area contributed by atoms with Gasteiger partial charge in [0.25, 0.3) is 5.91 Å². The summed E-state index contributed by atoms with van der Waals surface area (Å²) in [4.78, 5) is 31.6. The summed E-state index contributed by atoms with van der Waals surface area (Å²) in [5.74, 6) is 0.886. The highest BCUT2D eigenvalue weighted by atomic mass is 16.5. The third-order valence-corrected chi connectivity index (χ3v) is 5.83. The number of hydrogen-bond donors (Lipinski definition) is 1. The molecule has 0 unspecified atom stereocenters. The van der Waals surface area contributed by atoms with Crippen molar-refractivity contribution in [1.82, 2.24) is 15.2 Å². The Balaban J connectivity index is 1.69. The van der Waals surface area contributed by atoms with Crippen LogP contribution >= 0.6 is 0 Å². The summed E-state index contributed by atoms with van der Waals surface area (Å²) in [7, 11) is 1.65. The van der Waals surface area contributed by atoms with Crippen LogP contribution in [0.3, 0.4) is 0 Å². The van der Waals surface area contributed by atoms with Gasteiger partial charge >= 0.3 is 0 Å². The SMILES string of the molecule is COc1cccc([C@@H]2CN(C(=O)c3ccncc3)[C@@H]3CCCCC(=O)N[C@H]32)c1. The lowest BCUT2D eigenvalue weighted by molar-refractivity contribution is -0.122. The average Bonchev–Trinajstić information content (AvgIpc) is 3.07. The topological polar surface area (TPSA) is 71.5 Å². The summed E-state index contributed by atoms with van der Waals surface area (Å²) in [5, 5.41) is 3.22. The molecule has 1 aromatic carbocycles. The molecule has 0 saturated carbocycles. The molecule has 6 nitrogen and oxygen atoms in total. The Hall–Kier alpha value is -2.89. The Bertz CT molecular complexity index is 855. The van der Waals surface area contributed by atoms with E-state index in [-0.39, 0.29) is 29.8 Å². The third kappa shape index (κ3) is 3.59. The number of nitrogens with one attached hydrogen (secondary N) is 1. The van der Waals surface area contributed by atoms with E-state index in [1.807, 2.05) is 23.1 Å². The van der Waals surface area contributed by atoms with Gasteiger partial charge in [-0.15, -0.1) is 0 Å². The summed E-state index contributed by atoms with van der Waals surface area (Å²) in [5.41, 5.74) is 1.72. The van der Waals surface area contributed by atoms with Crippen LogP contribution in [0.15, 0.2) is 48.8 Å². The number of amides is 2. The van der Waals surface area contributed by atoms with Crippen LogP contribution in [0.5, 0.6) is 5.75 Å². The number of likely N-dealkylation sites (tertiary alicyclic amines) is 1. The summed E-state index contributed by atoms with van der Waals surface area (Å²) < 4.78 is 5.39. The van der Waals surface area contributed by atoms with Crippen LogP contribution in [0.2, 0.25) is 0 Å². The predicted molar refractivity (Wildman–Crippen MR) is 105 cm³/mol. The number of benzene rings is 1. The molecule has 2 amide bonds. The maximum absolute atomic E-state index is 13.2. The standard InChI is InChI=1S/C22H25N3O3/c1-28-17-6-4-5-16(13-17)18-14-25(22(27)15-9-11-23-12-10-15)19-7-2-3-8-20(26)24-21(18)19/h4-6,9-13,18-19,21H,2-3,7-8,14H2,1H3,(H,24,26)/t18-,19+,21-/m0/s1. The lowest BCUT2D eigenvalue weighted by Crippen LogP contribution is -2.48. The molecular weight excluding hydrogens is 354 g/mol. The highest BCUT2D eigenvalue weighted by Crippen LogP contribution is 2.37. The molecule has 0 bridgehead atoms. The average molecular weight is 379 g/mol. The fraction of sp³-hybridized carbons (Fsp3) is 0.409. The number of aromatic nitrogens is 1. The van der Waals surface area contributed by atoms with E-state index in [9.17, 15) is 9.59 Å². The number of methoxy groups -OCH3 is 1. The zero-order chi connectivity index (χ0) is 19.5. The van der Waals surface area contributed by atoms with E-state index in [2.05, 4.69) is 16.4 Å². The van der Waals surface area contributed by atoms with Crippen LogP contribution in [-0.2, 0) is 4.79 Å². The second kappa shape index (κ2) is 8.00. The summed E-state index contributed by atoms with van der Waals surface area (Å²) in [6, 6.07) is 11.3. The first kappa shape index (κ1) is 18.5. The monoisotopic (exact) mass is 379 g/mol. The van der Waals surface area contributed by atoms with E-state index in [4.69, 9.17) is 4.74 Å². The van der Waals surface area contributed by atoms with E-state index < -0.39 is 0 Å². The van der Waals surface area contributed by atoms with Gasteiger partial charge in [0, 0.05) is 36.8 Å². The fourth-order valence-corrected chi connectivity index (χ4v) is 4.43. The van der Waals surface area contributed by atoms with Crippen molar-refractivity contribution in [2.75, 3.05) is 13.7 Å². The molecule has 2 saturated heterocycles. The largest absolute Gasteiger partial charge is 0.497 e. The highest BCUT2D eigenvalue weighted by molar-refractivity contribution is 5.94. The lowest BCUT2D eigenvalue weighted by Gasteiger charge is -2.31. The number of rotatable bonds is 3. The number of ether oxygens (including phenoxy) is 1. The molecule has 1 aromatic heterocycles. The first-order valence-corrected chi connectivity index (χ1v) is 9.81. The Morgan fingerprint density at radius 1 is 1.21 bits per heavy atom. The van der Waals surface area contributed by atoms with Crippen LogP contribution in [0, 0.1) is 0 Å². The molecule has 2 aliphatic rings. The first-order valence-electron chi connectivity index (χ1n) is 9.81. The van der Waals surface area contributed by atoms with Crippen molar-refractivity contribution < 1.29 is 14.3 Å². The quantitative estimate of drug-likeness (QED) is 0.890. The minimum Gasteiger partial charge on any atom is -0.497 e. The van der Waals surface area contributed by atoms with Crippen molar-refractivity contribution in [2.45, 2.75) is 43.7 Å². The molecule has 2 aromatic rings. The van der Waals surface area contributed by atoms with Gasteiger partial charge in [-0.3, -0.25) is 14.6 Å². The predicted octanol–water partition coefficient (Wildman–Crippen LogP) is 2.76. The van der Waals surface area contributed by atoms with Gasteiger partial charge in [0.2, 0.25) is 5.91 Å². The summed E-state index contributed by atoms with van der Waals surface area (Å²) >= 11 is 0. The third-order valence-electron chi connectivity index (χ3n) is 5.83. The lowest BCUT2D eigenvalue weighted by atomic mass is 9.88. The second-order valence-corrected chi connectivity index (χ2v) is 7.48. The molecule has 1 N–H and O–H groups in total. The zero-order valence-electron chi connectivity index (χ0n) is 16.0. The van der Waals surface area contributed by atoms with Crippen LogP contribution < -0.4 is 10.1 Å². The van der Waals surface area contributed by atoms with E-state index in [1.165, 1.54) is 0 Å². The Morgan fingerprint density at radius 2 is 2.04 bits per heavy atom. The van der Waals surface area contributed by atoms with Crippen molar-refractivity contribution in [2.24, 2.45) is 0 Å². The minimum atomic E-state index is -0.0920. The molecule has 3 atom stereocenters. The van der Waals surface area contributed by atoms with Gasteiger partial charge in [-0.1, -0.05) is 18.6 Å². The van der Waals surface area contributed by atoms with E-state index in [0.29, 0.717) is 18.5 Å². The molecule has 6 heteroatoms. The zero-order valence-corrected chi connectivity index (χ0v) is 16.0. The molecular formula is C22H25N3O3. The molecule has 0 radical (unpaired) electrons. The number of pyridine rings is 1. The van der Waals surface area contributed by atoms with Gasteiger partial charge in [-0.25, -0.2) is 0 Å². The van der Waals surface area contributed by atoms with Crippen LogP contribution in [0.1, 0.15) is 47.5 Å². The van der Waals surface area contributed by atoms with Crippen molar-refractivity contribution >= 4 is 11.8 Å². The van der Waals surface area contributed by atoms with Gasteiger partial charge < -0.3 is 15.0 Å². The number of nitrogens with zero attached hydrogens (tertiary/aromatic N) is 2. The van der Waals surface area contributed by atoms with Crippen molar-refractivity contribution in [3.05, 3.63) is 59.9 Å². The van der Waals surface area contributed by atoms with Gasteiger partial charge in [0.1, 0.15) is 5.75 Å². The Morgan fingerprint density at radius 3 is 2.82 bits per heavy atom. The maximum Gasteiger partial charge on any atom is 0.254 e. The molecule has 3 heterocycles. The smallest absolute Gasteiger partial charge is 0.254 e. The van der Waals surface area contributed by atoms with Crippen molar-refractivity contribution in [3.8, 4) is 5.75 Å². The van der Waals surface area contributed by atoms with Crippen LogP contribution in [0.4, 0.5) is 0 Å². The number of carbonyl (C=O) groups excluding carboxylic acids is 2. The molecule has 2 aliphatic heterocycles. The van der Waals surface area contributed by atoms with Crippen LogP contribution in [-0.4, -0.2) is 47.4 Å². The molecule has 28 heavy (non-hydrogen) atoms. The fourth-order valence-electron chi connectivity index (χ4n) is 4.43. The molecule has 0 spiro atoms. The molecule has 4 rings (SSSR count). The van der Waals surface area contributed by atoms with Gasteiger partial charge in [-0.2, -0.15) is 0 Å². The van der Waals surface area contributed by atoms with Crippen LogP contribution in [0.25, 0.3) is 0 Å². The molecule has 2 fully saturated rings. The normalized spacial score (nSPS) is 24.7. The Kier molecular flexibility index (Phi) is 5.28. The van der Waals surface area contributed by atoms with Crippen molar-refractivity contribution in [1.29, 1.82) is 0 Å². The van der Waals surface area contributed by atoms with Gasteiger partial charge in [0.05, 0.1) is 19.2 Å². The first-order chi connectivity index (χ1) is 13.7. The highest BCUT2D eigenvalue weighted by Gasteiger charge is 2.45. The molecule has 0 aliphatic carbocycles. The second-order valence-electron chi connectivity index (χ2n) is 7.48.